The number of amides is 3. The summed E-state index contributed by atoms with van der Waals surface area (Å²) in [5.41, 5.74) is 0.912. The van der Waals surface area contributed by atoms with Crippen LogP contribution in [0.3, 0.4) is 0 Å². The van der Waals surface area contributed by atoms with Gasteiger partial charge in [0, 0.05) is 11.6 Å². The predicted octanol–water partition coefficient (Wildman–Crippen LogP) is 1.30. The molecule has 0 spiro atoms. The van der Waals surface area contributed by atoms with Gasteiger partial charge in [0.25, 0.3) is 0 Å². The first-order chi connectivity index (χ1) is 6.72. The Morgan fingerprint density at radius 1 is 1.36 bits per heavy atom. The third-order valence-corrected chi connectivity index (χ3v) is 1.81. The Morgan fingerprint density at radius 3 is 2.57 bits per heavy atom. The Kier molecular flexibility index (Phi) is 3.94. The lowest BCUT2D eigenvalue weighted by Crippen LogP contribution is -2.33. The minimum atomic E-state index is -0.519. The summed E-state index contributed by atoms with van der Waals surface area (Å²) in [6.07, 6.45) is 0.331. The van der Waals surface area contributed by atoms with Crippen molar-refractivity contribution in [3.05, 3.63) is 34.9 Å². The number of imide groups is 1. The standard InChI is InChI=1S/C9H9ClN2O2/c10-8-3-1-7(2-4-8)5-11-9(14)12-6-13/h1-4,6H,5H2,(H2,11,12,13,14). The van der Waals surface area contributed by atoms with Gasteiger partial charge in [0.2, 0.25) is 6.41 Å². The zero-order valence-corrected chi connectivity index (χ0v) is 8.04. The molecule has 0 atom stereocenters. The van der Waals surface area contributed by atoms with Gasteiger partial charge in [-0.1, -0.05) is 23.7 Å². The van der Waals surface area contributed by atoms with E-state index in [1.165, 1.54) is 0 Å². The summed E-state index contributed by atoms with van der Waals surface area (Å²) in [6, 6.07) is 6.54. The molecule has 1 aromatic carbocycles. The normalized spacial score (nSPS) is 9.21. The van der Waals surface area contributed by atoms with Gasteiger partial charge in [0.15, 0.2) is 0 Å². The Labute approximate surface area is 86.3 Å². The molecular weight excluding hydrogens is 204 g/mol. The predicted molar refractivity (Wildman–Crippen MR) is 52.9 cm³/mol. The van der Waals surface area contributed by atoms with Gasteiger partial charge in [0.1, 0.15) is 0 Å². The molecule has 74 valence electrons. The van der Waals surface area contributed by atoms with Crippen LogP contribution in [0.5, 0.6) is 0 Å². The molecular formula is C9H9ClN2O2. The van der Waals surface area contributed by atoms with Crippen LogP contribution in [-0.2, 0) is 11.3 Å². The fraction of sp³-hybridized carbons (Fsp3) is 0.111. The maximum absolute atomic E-state index is 10.8. The van der Waals surface area contributed by atoms with Crippen molar-refractivity contribution >= 4 is 24.0 Å². The lowest BCUT2D eigenvalue weighted by molar-refractivity contribution is -0.108. The average molecular weight is 213 g/mol. The molecule has 0 fully saturated rings. The number of carbonyl (C=O) groups is 2. The van der Waals surface area contributed by atoms with E-state index >= 15 is 0 Å². The number of nitrogens with one attached hydrogen (secondary N) is 2. The summed E-state index contributed by atoms with van der Waals surface area (Å²) in [5.74, 6) is 0. The van der Waals surface area contributed by atoms with Crippen LogP contribution in [-0.4, -0.2) is 12.4 Å². The summed E-state index contributed by atoms with van der Waals surface area (Å²) >= 11 is 5.68. The molecule has 14 heavy (non-hydrogen) atoms. The highest BCUT2D eigenvalue weighted by atomic mass is 35.5. The van der Waals surface area contributed by atoms with Crippen molar-refractivity contribution in [3.63, 3.8) is 0 Å². The second-order valence-electron chi connectivity index (χ2n) is 2.57. The molecule has 1 rings (SSSR count). The quantitative estimate of drug-likeness (QED) is 0.742. The molecule has 1 aromatic rings. The van der Waals surface area contributed by atoms with E-state index in [4.69, 9.17) is 11.6 Å². The largest absolute Gasteiger partial charge is 0.334 e. The van der Waals surface area contributed by atoms with Gasteiger partial charge >= 0.3 is 6.03 Å². The zero-order chi connectivity index (χ0) is 10.4. The van der Waals surface area contributed by atoms with Gasteiger partial charge in [-0.15, -0.1) is 0 Å². The van der Waals surface area contributed by atoms with Crippen LogP contribution in [0.15, 0.2) is 24.3 Å². The van der Waals surface area contributed by atoms with Crippen molar-refractivity contribution in [3.8, 4) is 0 Å². The third-order valence-electron chi connectivity index (χ3n) is 1.56. The van der Waals surface area contributed by atoms with Gasteiger partial charge in [-0.2, -0.15) is 0 Å². The monoisotopic (exact) mass is 212 g/mol. The summed E-state index contributed by atoms with van der Waals surface area (Å²) in [4.78, 5) is 20.7. The fourth-order valence-corrected chi connectivity index (χ4v) is 1.02. The number of urea groups is 1. The smallest absolute Gasteiger partial charge is 0.321 e. The second kappa shape index (κ2) is 5.24. The van der Waals surface area contributed by atoms with Crippen molar-refractivity contribution in [2.45, 2.75) is 6.54 Å². The SMILES string of the molecule is O=CNC(=O)NCc1ccc(Cl)cc1. The highest BCUT2D eigenvalue weighted by molar-refractivity contribution is 6.30. The fourth-order valence-electron chi connectivity index (χ4n) is 0.889. The van der Waals surface area contributed by atoms with Crippen LogP contribution >= 0.6 is 11.6 Å². The van der Waals surface area contributed by atoms with Crippen LogP contribution < -0.4 is 10.6 Å². The van der Waals surface area contributed by atoms with Crippen molar-refractivity contribution < 1.29 is 9.59 Å². The van der Waals surface area contributed by atoms with E-state index in [1.807, 2.05) is 5.32 Å². The molecule has 0 radical (unpaired) electrons. The molecule has 0 unspecified atom stereocenters. The van der Waals surface area contributed by atoms with E-state index in [0.29, 0.717) is 18.0 Å². The van der Waals surface area contributed by atoms with E-state index in [1.54, 1.807) is 24.3 Å². The van der Waals surface area contributed by atoms with Gasteiger partial charge in [0.05, 0.1) is 0 Å². The number of halogens is 1. The number of hydrogen-bond donors (Lipinski definition) is 2. The Morgan fingerprint density at radius 2 is 2.00 bits per heavy atom. The lowest BCUT2D eigenvalue weighted by atomic mass is 10.2. The average Bonchev–Trinajstić information content (AvgIpc) is 2.17. The first-order valence-corrected chi connectivity index (χ1v) is 4.32. The highest BCUT2D eigenvalue weighted by Crippen LogP contribution is 2.08. The number of carbonyl (C=O) groups excluding carboxylic acids is 2. The molecule has 0 aliphatic carbocycles. The topological polar surface area (TPSA) is 58.2 Å². The van der Waals surface area contributed by atoms with Gasteiger partial charge in [-0.05, 0) is 17.7 Å². The second-order valence-corrected chi connectivity index (χ2v) is 3.01. The van der Waals surface area contributed by atoms with E-state index in [9.17, 15) is 9.59 Å². The first-order valence-electron chi connectivity index (χ1n) is 3.95. The summed E-state index contributed by atoms with van der Waals surface area (Å²) < 4.78 is 0. The molecule has 0 aliphatic rings. The van der Waals surface area contributed by atoms with Crippen LogP contribution in [0.25, 0.3) is 0 Å². The van der Waals surface area contributed by atoms with Crippen LogP contribution in [0.2, 0.25) is 5.02 Å². The third kappa shape index (κ3) is 3.45. The minimum Gasteiger partial charge on any atom is -0.334 e. The van der Waals surface area contributed by atoms with E-state index in [0.717, 1.165) is 5.56 Å². The molecule has 4 nitrogen and oxygen atoms in total. The first kappa shape index (κ1) is 10.5. The number of hydrogen-bond acceptors (Lipinski definition) is 2. The lowest BCUT2D eigenvalue weighted by Gasteiger charge is -2.03. The molecule has 0 aromatic heterocycles. The molecule has 0 saturated heterocycles. The van der Waals surface area contributed by atoms with Crippen molar-refractivity contribution in [1.82, 2.24) is 10.6 Å². The van der Waals surface area contributed by atoms with E-state index < -0.39 is 6.03 Å². The van der Waals surface area contributed by atoms with Crippen molar-refractivity contribution in [2.24, 2.45) is 0 Å². The molecule has 0 saturated carbocycles. The van der Waals surface area contributed by atoms with Gasteiger partial charge in [-0.25, -0.2) is 4.79 Å². The molecule has 0 heterocycles. The van der Waals surface area contributed by atoms with Crippen LogP contribution in [0.1, 0.15) is 5.56 Å². The van der Waals surface area contributed by atoms with Crippen LogP contribution in [0.4, 0.5) is 4.79 Å². The summed E-state index contributed by atoms with van der Waals surface area (Å²) in [5, 5.41) is 5.11. The van der Waals surface area contributed by atoms with Crippen LogP contribution in [0, 0.1) is 0 Å². The molecule has 0 aliphatic heterocycles. The number of benzene rings is 1. The summed E-state index contributed by atoms with van der Waals surface area (Å²) in [7, 11) is 0. The Balaban J connectivity index is 2.41. The maximum Gasteiger partial charge on any atom is 0.321 e. The molecule has 0 bridgehead atoms. The number of rotatable bonds is 3. The van der Waals surface area contributed by atoms with E-state index in [2.05, 4.69) is 5.32 Å². The van der Waals surface area contributed by atoms with Gasteiger partial charge < -0.3 is 5.32 Å². The van der Waals surface area contributed by atoms with Gasteiger partial charge in [-0.3, -0.25) is 10.1 Å². The van der Waals surface area contributed by atoms with Crippen molar-refractivity contribution in [1.29, 1.82) is 0 Å². The minimum absolute atomic E-state index is 0.331. The summed E-state index contributed by atoms with van der Waals surface area (Å²) in [6.45, 7) is 0.358. The maximum atomic E-state index is 10.8. The molecule has 3 amide bonds. The van der Waals surface area contributed by atoms with E-state index in [-0.39, 0.29) is 0 Å². The van der Waals surface area contributed by atoms with Crippen molar-refractivity contribution in [2.75, 3.05) is 0 Å². The Bertz CT molecular complexity index is 324. The Hall–Kier alpha value is -1.55. The molecule has 2 N–H and O–H groups in total. The highest BCUT2D eigenvalue weighted by Gasteiger charge is 1.97. The zero-order valence-electron chi connectivity index (χ0n) is 7.29. The molecule has 5 heteroatoms.